The highest BCUT2D eigenvalue weighted by molar-refractivity contribution is 9.10. The molecule has 6 heteroatoms. The van der Waals surface area contributed by atoms with Gasteiger partial charge >= 0.3 is 0 Å². The molecule has 0 fully saturated rings. The van der Waals surface area contributed by atoms with Gasteiger partial charge < -0.3 is 0 Å². The summed E-state index contributed by atoms with van der Waals surface area (Å²) in [5.41, 5.74) is 4.37. The van der Waals surface area contributed by atoms with Gasteiger partial charge in [0.1, 0.15) is 6.33 Å². The molecule has 0 saturated heterocycles. The Labute approximate surface area is 101 Å². The van der Waals surface area contributed by atoms with Crippen molar-refractivity contribution < 1.29 is 0 Å². The average molecular weight is 280 g/mol. The predicted molar refractivity (Wildman–Crippen MR) is 63.1 cm³/mol. The van der Waals surface area contributed by atoms with Crippen molar-refractivity contribution in [3.05, 3.63) is 52.8 Å². The number of nitrogens with zero attached hydrogens (tertiary/aromatic N) is 3. The van der Waals surface area contributed by atoms with Crippen LogP contribution in [0.5, 0.6) is 0 Å². The zero-order chi connectivity index (χ0) is 11.4. The van der Waals surface area contributed by atoms with E-state index < -0.39 is 0 Å². The fourth-order valence-electron chi connectivity index (χ4n) is 1.40. The highest BCUT2D eigenvalue weighted by Crippen LogP contribution is 2.24. The molecule has 2 heterocycles. The van der Waals surface area contributed by atoms with Crippen molar-refractivity contribution in [2.45, 2.75) is 6.04 Å². The first-order valence-electron chi connectivity index (χ1n) is 4.64. The van der Waals surface area contributed by atoms with E-state index in [1.165, 1.54) is 6.33 Å². The molecule has 2 aromatic rings. The van der Waals surface area contributed by atoms with Crippen LogP contribution >= 0.6 is 15.9 Å². The van der Waals surface area contributed by atoms with Crippen molar-refractivity contribution in [3.63, 3.8) is 0 Å². The summed E-state index contributed by atoms with van der Waals surface area (Å²) in [7, 11) is 0. The SMILES string of the molecule is NNC(c1cncnc1)c1ncccc1Br. The number of aromatic nitrogens is 3. The summed E-state index contributed by atoms with van der Waals surface area (Å²) in [6, 6.07) is 3.54. The number of rotatable bonds is 3. The molecule has 0 aliphatic heterocycles. The fraction of sp³-hybridized carbons (Fsp3) is 0.100. The number of hydrogen-bond donors (Lipinski definition) is 2. The van der Waals surface area contributed by atoms with Gasteiger partial charge in [-0.15, -0.1) is 0 Å². The van der Waals surface area contributed by atoms with Gasteiger partial charge in [-0.25, -0.2) is 15.4 Å². The van der Waals surface area contributed by atoms with Crippen LogP contribution < -0.4 is 11.3 Å². The highest BCUT2D eigenvalue weighted by atomic mass is 79.9. The Kier molecular flexibility index (Phi) is 3.55. The molecule has 3 N–H and O–H groups in total. The lowest BCUT2D eigenvalue weighted by atomic mass is 10.1. The van der Waals surface area contributed by atoms with E-state index in [0.29, 0.717) is 0 Å². The summed E-state index contributed by atoms with van der Waals surface area (Å²) in [5, 5.41) is 0. The van der Waals surface area contributed by atoms with E-state index >= 15 is 0 Å². The van der Waals surface area contributed by atoms with E-state index in [1.807, 2.05) is 12.1 Å². The minimum absolute atomic E-state index is 0.225. The van der Waals surface area contributed by atoms with Crippen LogP contribution in [0.15, 0.2) is 41.5 Å². The Bertz CT molecular complexity index is 462. The molecule has 2 rings (SSSR count). The lowest BCUT2D eigenvalue weighted by Gasteiger charge is -2.15. The van der Waals surface area contributed by atoms with Crippen LogP contribution in [0.1, 0.15) is 17.3 Å². The van der Waals surface area contributed by atoms with Gasteiger partial charge in [0, 0.05) is 28.6 Å². The molecule has 5 nitrogen and oxygen atoms in total. The molecule has 82 valence electrons. The van der Waals surface area contributed by atoms with Crippen molar-refractivity contribution >= 4 is 15.9 Å². The van der Waals surface area contributed by atoms with Crippen LogP contribution in [0.2, 0.25) is 0 Å². The van der Waals surface area contributed by atoms with E-state index in [0.717, 1.165) is 15.7 Å². The first kappa shape index (κ1) is 11.1. The number of hydrazine groups is 1. The van der Waals surface area contributed by atoms with Crippen LogP contribution in [0.4, 0.5) is 0 Å². The number of nitrogens with one attached hydrogen (secondary N) is 1. The van der Waals surface area contributed by atoms with Crippen molar-refractivity contribution in [3.8, 4) is 0 Å². The second-order valence-electron chi connectivity index (χ2n) is 3.14. The lowest BCUT2D eigenvalue weighted by molar-refractivity contribution is 0.613. The van der Waals surface area contributed by atoms with E-state index in [9.17, 15) is 0 Å². The average Bonchev–Trinajstić information content (AvgIpc) is 2.34. The second kappa shape index (κ2) is 5.11. The number of halogens is 1. The summed E-state index contributed by atoms with van der Waals surface area (Å²) in [4.78, 5) is 12.2. The van der Waals surface area contributed by atoms with E-state index in [2.05, 4.69) is 36.3 Å². The molecule has 0 aromatic carbocycles. The number of pyridine rings is 1. The zero-order valence-corrected chi connectivity index (χ0v) is 9.92. The Hall–Kier alpha value is -1.37. The standard InChI is InChI=1S/C10H10BrN5/c11-8-2-1-3-15-10(8)9(16-12)7-4-13-6-14-5-7/h1-6,9,16H,12H2. The molecule has 0 aliphatic carbocycles. The minimum Gasteiger partial charge on any atom is -0.271 e. The summed E-state index contributed by atoms with van der Waals surface area (Å²) >= 11 is 3.44. The van der Waals surface area contributed by atoms with Crippen LogP contribution in [0.3, 0.4) is 0 Å². The Balaban J connectivity index is 2.41. The number of nitrogens with two attached hydrogens (primary N) is 1. The van der Waals surface area contributed by atoms with E-state index in [1.54, 1.807) is 18.6 Å². The molecular formula is C10H10BrN5. The third-order valence-corrected chi connectivity index (χ3v) is 2.81. The summed E-state index contributed by atoms with van der Waals surface area (Å²) in [6.07, 6.45) is 6.61. The van der Waals surface area contributed by atoms with Crippen molar-refractivity contribution in [2.24, 2.45) is 5.84 Å². The zero-order valence-electron chi connectivity index (χ0n) is 8.34. The van der Waals surface area contributed by atoms with E-state index in [-0.39, 0.29) is 6.04 Å². The monoisotopic (exact) mass is 279 g/mol. The highest BCUT2D eigenvalue weighted by Gasteiger charge is 2.16. The fourth-order valence-corrected chi connectivity index (χ4v) is 1.89. The van der Waals surface area contributed by atoms with Gasteiger partial charge in [0.25, 0.3) is 0 Å². The topological polar surface area (TPSA) is 76.7 Å². The smallest absolute Gasteiger partial charge is 0.115 e. The van der Waals surface area contributed by atoms with Crippen LogP contribution in [0, 0.1) is 0 Å². The summed E-state index contributed by atoms with van der Waals surface area (Å²) in [6.45, 7) is 0. The van der Waals surface area contributed by atoms with Gasteiger partial charge in [-0.1, -0.05) is 0 Å². The van der Waals surface area contributed by atoms with Gasteiger partial charge in [-0.3, -0.25) is 10.8 Å². The Morgan fingerprint density at radius 1 is 1.31 bits per heavy atom. The third kappa shape index (κ3) is 2.24. The van der Waals surface area contributed by atoms with E-state index in [4.69, 9.17) is 5.84 Å². The van der Waals surface area contributed by atoms with Gasteiger partial charge in [-0.2, -0.15) is 0 Å². The normalized spacial score (nSPS) is 12.4. The second-order valence-corrected chi connectivity index (χ2v) is 4.00. The van der Waals surface area contributed by atoms with Crippen LogP contribution in [-0.2, 0) is 0 Å². The first-order valence-corrected chi connectivity index (χ1v) is 5.43. The van der Waals surface area contributed by atoms with Crippen molar-refractivity contribution in [1.29, 1.82) is 0 Å². The maximum Gasteiger partial charge on any atom is 0.115 e. The minimum atomic E-state index is -0.225. The maximum atomic E-state index is 5.54. The lowest BCUT2D eigenvalue weighted by Crippen LogP contribution is -2.30. The van der Waals surface area contributed by atoms with Gasteiger partial charge in [-0.05, 0) is 28.1 Å². The van der Waals surface area contributed by atoms with Gasteiger partial charge in [0.05, 0.1) is 11.7 Å². The van der Waals surface area contributed by atoms with Crippen LogP contribution in [-0.4, -0.2) is 15.0 Å². The molecule has 0 radical (unpaired) electrons. The largest absolute Gasteiger partial charge is 0.271 e. The molecule has 0 saturated carbocycles. The van der Waals surface area contributed by atoms with Crippen LogP contribution in [0.25, 0.3) is 0 Å². The molecule has 1 unspecified atom stereocenters. The summed E-state index contributed by atoms with van der Waals surface area (Å²) < 4.78 is 0.891. The molecule has 0 amide bonds. The first-order chi connectivity index (χ1) is 7.83. The molecule has 2 aromatic heterocycles. The quantitative estimate of drug-likeness (QED) is 0.652. The maximum absolute atomic E-state index is 5.54. The number of hydrogen-bond acceptors (Lipinski definition) is 5. The van der Waals surface area contributed by atoms with Gasteiger partial charge in [0.2, 0.25) is 0 Å². The van der Waals surface area contributed by atoms with Gasteiger partial charge in [0.15, 0.2) is 0 Å². The Morgan fingerprint density at radius 3 is 2.69 bits per heavy atom. The third-order valence-electron chi connectivity index (χ3n) is 2.14. The Morgan fingerprint density at radius 2 is 2.06 bits per heavy atom. The molecule has 16 heavy (non-hydrogen) atoms. The molecular weight excluding hydrogens is 270 g/mol. The summed E-state index contributed by atoms with van der Waals surface area (Å²) in [5.74, 6) is 5.54. The predicted octanol–water partition coefficient (Wildman–Crippen LogP) is 1.19. The molecule has 1 atom stereocenters. The molecule has 0 aliphatic rings. The van der Waals surface area contributed by atoms with Crippen molar-refractivity contribution in [1.82, 2.24) is 20.4 Å². The molecule has 0 spiro atoms. The molecule has 0 bridgehead atoms. The van der Waals surface area contributed by atoms with Crippen molar-refractivity contribution in [2.75, 3.05) is 0 Å².